The first-order valence-electron chi connectivity index (χ1n) is 10.6. The number of anilines is 1. The number of fused-ring (bicyclic) bond motifs is 1. The number of hydrogen-bond donors (Lipinski definition) is 0. The molecule has 2 aromatic rings. The van der Waals surface area contributed by atoms with Crippen molar-refractivity contribution in [2.45, 2.75) is 65.0 Å². The van der Waals surface area contributed by atoms with Crippen molar-refractivity contribution < 1.29 is 4.79 Å². The van der Waals surface area contributed by atoms with Gasteiger partial charge >= 0.3 is 0 Å². The quantitative estimate of drug-likeness (QED) is 0.800. The summed E-state index contributed by atoms with van der Waals surface area (Å²) in [5, 5.41) is 0. The number of piperidine rings is 1. The van der Waals surface area contributed by atoms with Crippen LogP contribution < -0.4 is 4.90 Å². The second-order valence-corrected chi connectivity index (χ2v) is 7.93. The first-order chi connectivity index (χ1) is 13.7. The van der Waals surface area contributed by atoms with Crippen molar-refractivity contribution in [1.29, 1.82) is 0 Å². The molecule has 1 fully saturated rings. The van der Waals surface area contributed by atoms with Gasteiger partial charge in [0.1, 0.15) is 5.82 Å². The van der Waals surface area contributed by atoms with Gasteiger partial charge in [-0.05, 0) is 44.6 Å². The summed E-state index contributed by atoms with van der Waals surface area (Å²) in [7, 11) is 0. The van der Waals surface area contributed by atoms with Gasteiger partial charge in [0.2, 0.25) is 5.91 Å². The van der Waals surface area contributed by atoms with E-state index >= 15 is 0 Å². The molecule has 0 aliphatic carbocycles. The van der Waals surface area contributed by atoms with E-state index in [2.05, 4.69) is 42.2 Å². The van der Waals surface area contributed by atoms with Crippen LogP contribution in [0.3, 0.4) is 0 Å². The second kappa shape index (κ2) is 8.29. The molecule has 1 unspecified atom stereocenters. The van der Waals surface area contributed by atoms with Crippen LogP contribution in [0.1, 0.15) is 67.7 Å². The number of nitrogens with zero attached hydrogens (tertiary/aromatic N) is 4. The van der Waals surface area contributed by atoms with Crippen LogP contribution in [0.25, 0.3) is 0 Å². The third-order valence-corrected chi connectivity index (χ3v) is 6.00. The first-order valence-corrected chi connectivity index (χ1v) is 10.6. The molecule has 28 heavy (non-hydrogen) atoms. The summed E-state index contributed by atoms with van der Waals surface area (Å²) in [5.41, 5.74) is 3.65. The van der Waals surface area contributed by atoms with Crippen LogP contribution in [0.5, 0.6) is 0 Å². The standard InChI is InChI=1S/C23H30N4O/c1-3-21(28)27-15-8-7-13-20(27)22-24-17(2)19-12-9-14-26(23(19)25-22)16-18-10-5-4-6-11-18/h4-6,10-11,20H,3,7-9,12-16H2,1-2H3. The molecule has 1 aromatic carbocycles. The van der Waals surface area contributed by atoms with Crippen LogP contribution in [-0.2, 0) is 17.8 Å². The lowest BCUT2D eigenvalue weighted by molar-refractivity contribution is -0.134. The number of likely N-dealkylation sites (tertiary alicyclic amines) is 1. The molecule has 1 atom stereocenters. The number of carbonyl (C=O) groups is 1. The molecular weight excluding hydrogens is 348 g/mol. The minimum Gasteiger partial charge on any atom is -0.352 e. The molecule has 5 nitrogen and oxygen atoms in total. The van der Waals surface area contributed by atoms with E-state index in [4.69, 9.17) is 9.97 Å². The highest BCUT2D eigenvalue weighted by molar-refractivity contribution is 5.76. The molecule has 1 aromatic heterocycles. The SMILES string of the molecule is CCC(=O)N1CCCCC1c1nc(C)c2c(n1)N(Cc1ccccc1)CCC2. The van der Waals surface area contributed by atoms with E-state index in [1.807, 2.05) is 11.8 Å². The fourth-order valence-corrected chi connectivity index (χ4v) is 4.52. The van der Waals surface area contributed by atoms with Gasteiger partial charge in [0, 0.05) is 37.3 Å². The Hall–Kier alpha value is -2.43. The normalized spacial score (nSPS) is 19.4. The molecule has 148 valence electrons. The molecule has 0 N–H and O–H groups in total. The van der Waals surface area contributed by atoms with Crippen molar-refractivity contribution in [3.05, 3.63) is 53.0 Å². The highest BCUT2D eigenvalue weighted by Gasteiger charge is 2.31. The lowest BCUT2D eigenvalue weighted by Crippen LogP contribution is -2.39. The van der Waals surface area contributed by atoms with Crippen LogP contribution in [0.2, 0.25) is 0 Å². The van der Waals surface area contributed by atoms with Crippen LogP contribution in [0.15, 0.2) is 30.3 Å². The minimum absolute atomic E-state index is 0.0192. The summed E-state index contributed by atoms with van der Waals surface area (Å²) in [6.07, 6.45) is 5.88. The summed E-state index contributed by atoms with van der Waals surface area (Å²) in [6.45, 7) is 6.75. The fourth-order valence-electron chi connectivity index (χ4n) is 4.52. The highest BCUT2D eigenvalue weighted by atomic mass is 16.2. The number of carbonyl (C=O) groups excluding carboxylic acids is 1. The van der Waals surface area contributed by atoms with Gasteiger partial charge in [0.15, 0.2) is 5.82 Å². The zero-order chi connectivity index (χ0) is 19.5. The maximum atomic E-state index is 12.5. The Morgan fingerprint density at radius 1 is 1.11 bits per heavy atom. The van der Waals surface area contributed by atoms with Crippen molar-refractivity contribution in [1.82, 2.24) is 14.9 Å². The van der Waals surface area contributed by atoms with Crippen LogP contribution in [0, 0.1) is 6.92 Å². The average molecular weight is 379 g/mol. The summed E-state index contributed by atoms with van der Waals surface area (Å²) < 4.78 is 0. The topological polar surface area (TPSA) is 49.3 Å². The summed E-state index contributed by atoms with van der Waals surface area (Å²) in [5.74, 6) is 2.12. The molecule has 0 saturated carbocycles. The number of amides is 1. The number of benzene rings is 1. The van der Waals surface area contributed by atoms with Gasteiger partial charge in [-0.3, -0.25) is 4.79 Å². The van der Waals surface area contributed by atoms with E-state index in [1.54, 1.807) is 0 Å². The third-order valence-electron chi connectivity index (χ3n) is 6.00. The molecule has 0 bridgehead atoms. The highest BCUT2D eigenvalue weighted by Crippen LogP contribution is 2.34. The fraction of sp³-hybridized carbons (Fsp3) is 0.522. The van der Waals surface area contributed by atoms with Gasteiger partial charge in [-0.1, -0.05) is 37.3 Å². The molecule has 1 amide bonds. The number of hydrogen-bond acceptors (Lipinski definition) is 4. The van der Waals surface area contributed by atoms with E-state index in [0.29, 0.717) is 6.42 Å². The molecule has 0 radical (unpaired) electrons. The summed E-state index contributed by atoms with van der Waals surface area (Å²) in [4.78, 5) is 26.8. The van der Waals surface area contributed by atoms with Crippen molar-refractivity contribution in [3.8, 4) is 0 Å². The lowest BCUT2D eigenvalue weighted by atomic mass is 9.99. The molecular formula is C23H30N4O. The van der Waals surface area contributed by atoms with Gasteiger partial charge in [-0.25, -0.2) is 9.97 Å². The van der Waals surface area contributed by atoms with Crippen LogP contribution >= 0.6 is 0 Å². The predicted molar refractivity (Wildman–Crippen MR) is 111 cm³/mol. The molecule has 0 spiro atoms. The van der Waals surface area contributed by atoms with E-state index in [9.17, 15) is 4.79 Å². The van der Waals surface area contributed by atoms with Gasteiger partial charge < -0.3 is 9.80 Å². The summed E-state index contributed by atoms with van der Waals surface area (Å²) in [6, 6.07) is 10.6. The van der Waals surface area contributed by atoms with Gasteiger partial charge in [0.05, 0.1) is 6.04 Å². The molecule has 3 heterocycles. The first kappa shape index (κ1) is 18.9. The van der Waals surface area contributed by atoms with Gasteiger partial charge in [-0.2, -0.15) is 0 Å². The number of aryl methyl sites for hydroxylation is 1. The van der Waals surface area contributed by atoms with Gasteiger partial charge in [0.25, 0.3) is 0 Å². The predicted octanol–water partition coefficient (Wildman–Crippen LogP) is 4.20. The third kappa shape index (κ3) is 3.75. The zero-order valence-corrected chi connectivity index (χ0v) is 17.0. The Bertz CT molecular complexity index is 836. The molecule has 2 aliphatic heterocycles. The second-order valence-electron chi connectivity index (χ2n) is 7.93. The van der Waals surface area contributed by atoms with E-state index in [0.717, 1.165) is 69.1 Å². The van der Waals surface area contributed by atoms with Crippen LogP contribution in [0.4, 0.5) is 5.82 Å². The maximum absolute atomic E-state index is 12.5. The largest absolute Gasteiger partial charge is 0.352 e. The molecule has 1 saturated heterocycles. The Kier molecular flexibility index (Phi) is 5.60. The van der Waals surface area contributed by atoms with Crippen molar-refractivity contribution in [3.63, 3.8) is 0 Å². The molecule has 4 rings (SSSR count). The monoisotopic (exact) mass is 378 g/mol. The summed E-state index contributed by atoms with van der Waals surface area (Å²) >= 11 is 0. The molecule has 2 aliphatic rings. The Morgan fingerprint density at radius 3 is 2.71 bits per heavy atom. The van der Waals surface area contributed by atoms with Crippen LogP contribution in [-0.4, -0.2) is 33.9 Å². The minimum atomic E-state index is 0.0192. The van der Waals surface area contributed by atoms with E-state index in [1.165, 1.54) is 11.1 Å². The van der Waals surface area contributed by atoms with Crippen molar-refractivity contribution >= 4 is 11.7 Å². The van der Waals surface area contributed by atoms with Crippen molar-refractivity contribution in [2.75, 3.05) is 18.0 Å². The number of rotatable bonds is 4. The Labute approximate surface area is 167 Å². The maximum Gasteiger partial charge on any atom is 0.222 e. The smallest absolute Gasteiger partial charge is 0.222 e. The van der Waals surface area contributed by atoms with Crippen molar-refractivity contribution in [2.24, 2.45) is 0 Å². The van der Waals surface area contributed by atoms with E-state index in [-0.39, 0.29) is 11.9 Å². The van der Waals surface area contributed by atoms with E-state index < -0.39 is 0 Å². The van der Waals surface area contributed by atoms with Gasteiger partial charge in [-0.15, -0.1) is 0 Å². The lowest BCUT2D eigenvalue weighted by Gasteiger charge is -2.36. The molecule has 5 heteroatoms. The Morgan fingerprint density at radius 2 is 1.93 bits per heavy atom. The zero-order valence-electron chi connectivity index (χ0n) is 17.0. The Balaban J connectivity index is 1.68. The number of aromatic nitrogens is 2. The average Bonchev–Trinajstić information content (AvgIpc) is 2.74.